The molecule has 100 valence electrons. The van der Waals surface area contributed by atoms with Crippen LogP contribution in [0.4, 0.5) is 0 Å². The Kier molecular flexibility index (Phi) is 3.37. The zero-order chi connectivity index (χ0) is 13.1. The second-order valence-corrected chi connectivity index (χ2v) is 4.45. The van der Waals surface area contributed by atoms with E-state index in [2.05, 4.69) is 10.3 Å². The Balaban J connectivity index is 1.58. The fraction of sp³-hybridized carbons (Fsp3) is 0.357. The number of aromatic nitrogens is 1. The Hall–Kier alpha value is -2.01. The van der Waals surface area contributed by atoms with Crippen LogP contribution in [0.2, 0.25) is 0 Å². The van der Waals surface area contributed by atoms with Crippen molar-refractivity contribution < 1.29 is 13.9 Å². The third-order valence-electron chi connectivity index (χ3n) is 2.88. The number of hydrogen-bond acceptors (Lipinski definition) is 5. The van der Waals surface area contributed by atoms with Crippen LogP contribution in [0.3, 0.4) is 0 Å². The Morgan fingerprint density at radius 3 is 2.79 bits per heavy atom. The Labute approximate surface area is 111 Å². The van der Waals surface area contributed by atoms with Crippen LogP contribution in [0.15, 0.2) is 28.8 Å². The highest BCUT2D eigenvalue weighted by Crippen LogP contribution is 2.30. The summed E-state index contributed by atoms with van der Waals surface area (Å²) in [5.74, 6) is 3.17. The summed E-state index contributed by atoms with van der Waals surface area (Å²) in [4.78, 5) is 4.14. The summed E-state index contributed by atoms with van der Waals surface area (Å²) in [6.45, 7) is 4.46. The quantitative estimate of drug-likeness (QED) is 0.911. The minimum atomic E-state index is 0.611. The van der Waals surface area contributed by atoms with Gasteiger partial charge in [0.05, 0.1) is 12.7 Å². The van der Waals surface area contributed by atoms with Gasteiger partial charge in [-0.2, -0.15) is 0 Å². The number of nitrogens with one attached hydrogen (secondary N) is 1. The lowest BCUT2D eigenvalue weighted by molar-refractivity contribution is 0.171. The van der Waals surface area contributed by atoms with Crippen LogP contribution >= 0.6 is 0 Å². The molecule has 0 atom stereocenters. The molecule has 5 heteroatoms. The molecule has 1 N–H and O–H groups in total. The predicted molar refractivity (Wildman–Crippen MR) is 69.2 cm³/mol. The van der Waals surface area contributed by atoms with Crippen molar-refractivity contribution in [2.75, 3.05) is 13.2 Å². The van der Waals surface area contributed by atoms with E-state index < -0.39 is 0 Å². The van der Waals surface area contributed by atoms with Gasteiger partial charge in [0, 0.05) is 6.54 Å². The molecule has 19 heavy (non-hydrogen) atoms. The molecule has 1 aliphatic heterocycles. The fourth-order valence-electron chi connectivity index (χ4n) is 1.99. The van der Waals surface area contributed by atoms with Gasteiger partial charge in [-0.3, -0.25) is 0 Å². The van der Waals surface area contributed by atoms with Crippen LogP contribution in [0.25, 0.3) is 0 Å². The van der Waals surface area contributed by atoms with Gasteiger partial charge < -0.3 is 19.2 Å². The highest BCUT2D eigenvalue weighted by molar-refractivity contribution is 5.43. The first-order valence-electron chi connectivity index (χ1n) is 6.32. The van der Waals surface area contributed by atoms with Crippen LogP contribution in [-0.4, -0.2) is 18.2 Å². The van der Waals surface area contributed by atoms with Gasteiger partial charge in [-0.25, -0.2) is 4.98 Å². The van der Waals surface area contributed by atoms with Gasteiger partial charge in [0.2, 0.25) is 5.89 Å². The number of oxazole rings is 1. The minimum absolute atomic E-state index is 0.611. The maximum absolute atomic E-state index is 5.55. The molecule has 0 saturated heterocycles. The van der Waals surface area contributed by atoms with Crippen LogP contribution in [-0.2, 0) is 13.1 Å². The lowest BCUT2D eigenvalue weighted by Gasteiger charge is -2.18. The van der Waals surface area contributed by atoms with Crippen LogP contribution in [0.5, 0.6) is 11.5 Å². The van der Waals surface area contributed by atoms with Gasteiger partial charge in [-0.05, 0) is 24.6 Å². The number of aryl methyl sites for hydroxylation is 1. The molecule has 3 rings (SSSR count). The predicted octanol–water partition coefficient (Wildman–Crippen LogP) is 2.04. The largest absolute Gasteiger partial charge is 0.486 e. The second kappa shape index (κ2) is 5.32. The normalized spacial score (nSPS) is 13.5. The highest BCUT2D eigenvalue weighted by atomic mass is 16.6. The van der Waals surface area contributed by atoms with E-state index in [0.717, 1.165) is 29.4 Å². The van der Waals surface area contributed by atoms with E-state index in [1.54, 1.807) is 6.20 Å². The van der Waals surface area contributed by atoms with Crippen molar-refractivity contribution in [3.63, 3.8) is 0 Å². The molecule has 1 aromatic heterocycles. The molecule has 0 spiro atoms. The monoisotopic (exact) mass is 260 g/mol. The topological polar surface area (TPSA) is 56.5 Å². The summed E-state index contributed by atoms with van der Waals surface area (Å²) >= 11 is 0. The van der Waals surface area contributed by atoms with E-state index in [0.29, 0.717) is 25.6 Å². The lowest BCUT2D eigenvalue weighted by Crippen LogP contribution is -2.16. The van der Waals surface area contributed by atoms with E-state index in [-0.39, 0.29) is 0 Å². The van der Waals surface area contributed by atoms with E-state index in [9.17, 15) is 0 Å². The van der Waals surface area contributed by atoms with Crippen molar-refractivity contribution in [3.8, 4) is 11.5 Å². The summed E-state index contributed by atoms with van der Waals surface area (Å²) < 4.78 is 16.4. The standard InChI is InChI=1S/C14H16N2O3/c1-10-7-16-14(19-10)9-15-8-11-2-3-12-13(6-11)18-5-4-17-12/h2-3,6-7,15H,4-5,8-9H2,1H3. The zero-order valence-corrected chi connectivity index (χ0v) is 10.8. The van der Waals surface area contributed by atoms with Crippen molar-refractivity contribution in [1.82, 2.24) is 10.3 Å². The first kappa shape index (κ1) is 12.0. The summed E-state index contributed by atoms with van der Waals surface area (Å²) in [7, 11) is 0. The fourth-order valence-corrected chi connectivity index (χ4v) is 1.99. The summed E-state index contributed by atoms with van der Waals surface area (Å²) in [6, 6.07) is 5.98. The van der Waals surface area contributed by atoms with E-state index >= 15 is 0 Å². The second-order valence-electron chi connectivity index (χ2n) is 4.45. The summed E-state index contributed by atoms with van der Waals surface area (Å²) in [5.41, 5.74) is 1.15. The van der Waals surface area contributed by atoms with Gasteiger partial charge in [-0.15, -0.1) is 0 Å². The average Bonchev–Trinajstić information content (AvgIpc) is 2.84. The maximum Gasteiger partial charge on any atom is 0.208 e. The Morgan fingerprint density at radius 1 is 1.16 bits per heavy atom. The molecule has 0 amide bonds. The number of fused-ring (bicyclic) bond motifs is 1. The Morgan fingerprint density at radius 2 is 2.00 bits per heavy atom. The SMILES string of the molecule is Cc1cnc(CNCc2ccc3c(c2)OCCO3)o1. The Bertz CT molecular complexity index is 566. The molecule has 0 bridgehead atoms. The molecule has 0 unspecified atom stereocenters. The first-order chi connectivity index (χ1) is 9.31. The van der Waals surface area contributed by atoms with Gasteiger partial charge in [0.15, 0.2) is 11.5 Å². The van der Waals surface area contributed by atoms with Crippen LogP contribution in [0.1, 0.15) is 17.2 Å². The third-order valence-corrected chi connectivity index (χ3v) is 2.88. The third kappa shape index (κ3) is 2.88. The van der Waals surface area contributed by atoms with Crippen molar-refractivity contribution in [1.29, 1.82) is 0 Å². The van der Waals surface area contributed by atoms with Crippen molar-refractivity contribution >= 4 is 0 Å². The molecule has 2 aromatic rings. The highest BCUT2D eigenvalue weighted by Gasteiger charge is 2.11. The molecular formula is C14H16N2O3. The van der Waals surface area contributed by atoms with Gasteiger partial charge >= 0.3 is 0 Å². The van der Waals surface area contributed by atoms with E-state index in [1.165, 1.54) is 0 Å². The van der Waals surface area contributed by atoms with Crippen LogP contribution in [0, 0.1) is 6.92 Å². The molecule has 5 nitrogen and oxygen atoms in total. The summed E-state index contributed by atoms with van der Waals surface area (Å²) in [5, 5.41) is 3.29. The van der Waals surface area contributed by atoms with Crippen molar-refractivity contribution in [2.24, 2.45) is 0 Å². The number of nitrogens with zero attached hydrogens (tertiary/aromatic N) is 1. The minimum Gasteiger partial charge on any atom is -0.486 e. The summed E-state index contributed by atoms with van der Waals surface area (Å²) in [6.07, 6.45) is 1.72. The lowest BCUT2D eigenvalue weighted by atomic mass is 10.2. The molecule has 2 heterocycles. The molecule has 0 aliphatic carbocycles. The van der Waals surface area contributed by atoms with E-state index in [1.807, 2.05) is 25.1 Å². The molecule has 1 aliphatic rings. The van der Waals surface area contributed by atoms with Crippen molar-refractivity contribution in [2.45, 2.75) is 20.0 Å². The molecule has 0 radical (unpaired) electrons. The first-order valence-corrected chi connectivity index (χ1v) is 6.32. The van der Waals surface area contributed by atoms with Gasteiger partial charge in [-0.1, -0.05) is 6.07 Å². The molecule has 0 fully saturated rings. The van der Waals surface area contributed by atoms with Crippen molar-refractivity contribution in [3.05, 3.63) is 41.6 Å². The number of ether oxygens (including phenoxy) is 2. The number of benzene rings is 1. The molecular weight excluding hydrogens is 244 g/mol. The number of rotatable bonds is 4. The molecule has 0 saturated carbocycles. The van der Waals surface area contributed by atoms with Crippen LogP contribution < -0.4 is 14.8 Å². The van der Waals surface area contributed by atoms with Gasteiger partial charge in [0.1, 0.15) is 19.0 Å². The van der Waals surface area contributed by atoms with Gasteiger partial charge in [0.25, 0.3) is 0 Å². The number of hydrogen-bond donors (Lipinski definition) is 1. The average molecular weight is 260 g/mol. The van der Waals surface area contributed by atoms with E-state index in [4.69, 9.17) is 13.9 Å². The smallest absolute Gasteiger partial charge is 0.208 e. The zero-order valence-electron chi connectivity index (χ0n) is 10.8. The maximum atomic E-state index is 5.55. The molecule has 1 aromatic carbocycles.